The van der Waals surface area contributed by atoms with Gasteiger partial charge in [0.2, 0.25) is 5.91 Å². The van der Waals surface area contributed by atoms with Crippen LogP contribution in [0.1, 0.15) is 31.7 Å². The molecule has 1 aromatic carbocycles. The molecule has 1 N–H and O–H groups in total. The van der Waals surface area contributed by atoms with Gasteiger partial charge in [0.15, 0.2) is 0 Å². The lowest BCUT2D eigenvalue weighted by Gasteiger charge is -2.37. The zero-order valence-electron chi connectivity index (χ0n) is 14.5. The Kier molecular flexibility index (Phi) is 5.18. The summed E-state index contributed by atoms with van der Waals surface area (Å²) in [5.74, 6) is 0.285. The van der Waals surface area contributed by atoms with Crippen LogP contribution >= 0.6 is 11.3 Å². The van der Waals surface area contributed by atoms with Gasteiger partial charge in [0.1, 0.15) is 0 Å². The molecule has 3 rings (SSSR count). The van der Waals surface area contributed by atoms with Gasteiger partial charge in [0.05, 0.1) is 34.0 Å². The molecular formula is C18H25N3O2S. The highest BCUT2D eigenvalue weighted by molar-refractivity contribution is 7.18. The highest BCUT2D eigenvalue weighted by Crippen LogP contribution is 2.26. The lowest BCUT2D eigenvalue weighted by Crippen LogP contribution is -2.51. The number of morpholine rings is 1. The highest BCUT2D eigenvalue weighted by Gasteiger charge is 2.28. The Morgan fingerprint density at radius 1 is 1.46 bits per heavy atom. The third-order valence-electron chi connectivity index (χ3n) is 4.21. The van der Waals surface area contributed by atoms with E-state index in [9.17, 15) is 4.79 Å². The molecule has 0 spiro atoms. The number of aromatic nitrogens is 1. The number of para-hydroxylation sites is 1. The molecule has 1 atom stereocenters. The quantitative estimate of drug-likeness (QED) is 0.903. The molecular weight excluding hydrogens is 322 g/mol. The monoisotopic (exact) mass is 347 g/mol. The number of benzene rings is 1. The number of thiazole rings is 1. The van der Waals surface area contributed by atoms with Crippen LogP contribution in [0.3, 0.4) is 0 Å². The van der Waals surface area contributed by atoms with E-state index in [4.69, 9.17) is 4.74 Å². The minimum atomic E-state index is -0.174. The van der Waals surface area contributed by atoms with Gasteiger partial charge >= 0.3 is 0 Å². The van der Waals surface area contributed by atoms with E-state index in [0.29, 0.717) is 19.7 Å². The summed E-state index contributed by atoms with van der Waals surface area (Å²) >= 11 is 1.70. The zero-order valence-corrected chi connectivity index (χ0v) is 15.4. The van der Waals surface area contributed by atoms with Gasteiger partial charge in [0.25, 0.3) is 0 Å². The number of nitrogens with one attached hydrogen (secondary N) is 1. The number of rotatable bonds is 5. The van der Waals surface area contributed by atoms with E-state index in [-0.39, 0.29) is 17.4 Å². The van der Waals surface area contributed by atoms with Crippen molar-refractivity contribution in [2.75, 3.05) is 32.8 Å². The molecule has 1 amide bonds. The van der Waals surface area contributed by atoms with Crippen molar-refractivity contribution >= 4 is 27.5 Å². The smallest absolute Gasteiger partial charge is 0.234 e. The first-order valence-corrected chi connectivity index (χ1v) is 9.23. The van der Waals surface area contributed by atoms with E-state index >= 15 is 0 Å². The number of carbonyl (C=O) groups excluding carboxylic acids is 1. The number of hydrogen-bond acceptors (Lipinski definition) is 5. The van der Waals surface area contributed by atoms with E-state index in [1.807, 2.05) is 18.2 Å². The zero-order chi connectivity index (χ0) is 17.2. The summed E-state index contributed by atoms with van der Waals surface area (Å²) in [6.07, 6.45) is 0. The average molecular weight is 347 g/mol. The van der Waals surface area contributed by atoms with Crippen molar-refractivity contribution in [2.24, 2.45) is 0 Å². The van der Waals surface area contributed by atoms with Crippen molar-refractivity contribution in [1.29, 1.82) is 0 Å². The standard InChI is InChI=1S/C18H25N3O2S/c1-13(17-20-14-6-4-5-7-15(14)24-17)10-19-16(22)11-21-8-9-23-18(2,3)12-21/h4-7,13H,8-12H2,1-3H3,(H,19,22). The molecule has 0 aliphatic carbocycles. The highest BCUT2D eigenvalue weighted by atomic mass is 32.1. The maximum atomic E-state index is 12.2. The predicted molar refractivity (Wildman–Crippen MR) is 97.5 cm³/mol. The minimum Gasteiger partial charge on any atom is -0.373 e. The Labute approximate surface area is 147 Å². The molecule has 0 bridgehead atoms. The van der Waals surface area contributed by atoms with E-state index < -0.39 is 0 Å². The van der Waals surface area contributed by atoms with Crippen LogP contribution < -0.4 is 5.32 Å². The molecule has 2 aromatic rings. The van der Waals surface area contributed by atoms with Gasteiger partial charge in [-0.25, -0.2) is 4.98 Å². The molecule has 1 aliphatic rings. The number of carbonyl (C=O) groups is 1. The maximum absolute atomic E-state index is 12.2. The Morgan fingerprint density at radius 2 is 2.25 bits per heavy atom. The molecule has 24 heavy (non-hydrogen) atoms. The molecule has 130 valence electrons. The van der Waals surface area contributed by atoms with Crippen LogP contribution in [-0.4, -0.2) is 54.2 Å². The van der Waals surface area contributed by atoms with Crippen LogP contribution in [0.25, 0.3) is 10.2 Å². The van der Waals surface area contributed by atoms with Crippen molar-refractivity contribution in [3.8, 4) is 0 Å². The van der Waals surface area contributed by atoms with Crippen molar-refractivity contribution in [3.05, 3.63) is 29.3 Å². The Balaban J connectivity index is 1.50. The second-order valence-corrected chi connectivity index (χ2v) is 8.11. The number of amides is 1. The third kappa shape index (κ3) is 4.32. The fraction of sp³-hybridized carbons (Fsp3) is 0.556. The van der Waals surface area contributed by atoms with Crippen LogP contribution in [0.15, 0.2) is 24.3 Å². The van der Waals surface area contributed by atoms with Crippen LogP contribution in [0.4, 0.5) is 0 Å². The first-order chi connectivity index (χ1) is 11.4. The van der Waals surface area contributed by atoms with E-state index in [2.05, 4.69) is 42.0 Å². The van der Waals surface area contributed by atoms with E-state index in [1.54, 1.807) is 11.3 Å². The largest absolute Gasteiger partial charge is 0.373 e. The molecule has 6 heteroatoms. The van der Waals surface area contributed by atoms with Gasteiger partial charge in [0, 0.05) is 25.6 Å². The molecule has 1 aromatic heterocycles. The lowest BCUT2D eigenvalue weighted by atomic mass is 10.1. The number of nitrogens with zero attached hydrogens (tertiary/aromatic N) is 2. The number of fused-ring (bicyclic) bond motifs is 1. The van der Waals surface area contributed by atoms with Gasteiger partial charge in [-0.15, -0.1) is 11.3 Å². The second-order valence-electron chi connectivity index (χ2n) is 7.04. The lowest BCUT2D eigenvalue weighted by molar-refractivity contribution is -0.127. The van der Waals surface area contributed by atoms with Crippen LogP contribution in [0.5, 0.6) is 0 Å². The molecule has 1 fully saturated rings. The molecule has 1 unspecified atom stereocenters. The van der Waals surface area contributed by atoms with Crippen LogP contribution in [0.2, 0.25) is 0 Å². The second kappa shape index (κ2) is 7.17. The topological polar surface area (TPSA) is 54.5 Å². The minimum absolute atomic E-state index is 0.0701. The van der Waals surface area contributed by atoms with E-state index in [1.165, 1.54) is 4.70 Å². The van der Waals surface area contributed by atoms with Gasteiger partial charge in [-0.05, 0) is 26.0 Å². The SMILES string of the molecule is CC(CNC(=O)CN1CCOC(C)(C)C1)c1nc2ccccc2s1. The Morgan fingerprint density at radius 3 is 3.00 bits per heavy atom. The van der Waals surface area contributed by atoms with Crippen molar-refractivity contribution in [2.45, 2.75) is 32.3 Å². The Hall–Kier alpha value is -1.50. The number of hydrogen-bond donors (Lipinski definition) is 1. The molecule has 5 nitrogen and oxygen atoms in total. The van der Waals surface area contributed by atoms with Gasteiger partial charge < -0.3 is 10.1 Å². The number of ether oxygens (including phenoxy) is 1. The molecule has 1 saturated heterocycles. The normalized spacial score (nSPS) is 19.3. The summed E-state index contributed by atoms with van der Waals surface area (Å²) in [6.45, 7) is 9.56. The first-order valence-electron chi connectivity index (χ1n) is 8.41. The fourth-order valence-corrected chi connectivity index (χ4v) is 3.98. The molecule has 0 radical (unpaired) electrons. The van der Waals surface area contributed by atoms with Gasteiger partial charge in [-0.2, -0.15) is 0 Å². The van der Waals surface area contributed by atoms with Gasteiger partial charge in [-0.3, -0.25) is 9.69 Å². The van der Waals surface area contributed by atoms with Crippen LogP contribution in [-0.2, 0) is 9.53 Å². The summed E-state index contributed by atoms with van der Waals surface area (Å²) in [6, 6.07) is 8.14. The van der Waals surface area contributed by atoms with Gasteiger partial charge in [-0.1, -0.05) is 19.1 Å². The van der Waals surface area contributed by atoms with Crippen LogP contribution in [0, 0.1) is 0 Å². The average Bonchev–Trinajstić information content (AvgIpc) is 2.95. The molecule has 0 saturated carbocycles. The fourth-order valence-electron chi connectivity index (χ4n) is 2.96. The van der Waals surface area contributed by atoms with Crippen molar-refractivity contribution < 1.29 is 9.53 Å². The van der Waals surface area contributed by atoms with E-state index in [0.717, 1.165) is 23.6 Å². The van der Waals surface area contributed by atoms with Crippen molar-refractivity contribution in [3.63, 3.8) is 0 Å². The third-order valence-corrected chi connectivity index (χ3v) is 5.48. The molecule has 2 heterocycles. The summed E-state index contributed by atoms with van der Waals surface area (Å²) < 4.78 is 6.88. The summed E-state index contributed by atoms with van der Waals surface area (Å²) in [5, 5.41) is 4.12. The van der Waals surface area contributed by atoms with Crippen molar-refractivity contribution in [1.82, 2.24) is 15.2 Å². The Bertz CT molecular complexity index is 680. The maximum Gasteiger partial charge on any atom is 0.234 e. The summed E-state index contributed by atoms with van der Waals surface area (Å²) in [4.78, 5) is 19.0. The molecule has 1 aliphatic heterocycles. The summed E-state index contributed by atoms with van der Waals surface area (Å²) in [7, 11) is 0. The predicted octanol–water partition coefficient (Wildman–Crippen LogP) is 2.63. The summed E-state index contributed by atoms with van der Waals surface area (Å²) in [5.41, 5.74) is 0.860. The first kappa shape index (κ1) is 17.3.